The molecular formula is C17H22N2O2. The Morgan fingerprint density at radius 3 is 2.67 bits per heavy atom. The summed E-state index contributed by atoms with van der Waals surface area (Å²) in [5.74, 6) is 0.658. The Balaban J connectivity index is 1.89. The second-order valence-electron chi connectivity index (χ2n) is 6.44. The second-order valence-corrected chi connectivity index (χ2v) is 6.44. The van der Waals surface area contributed by atoms with Crippen LogP contribution in [0.5, 0.6) is 0 Å². The summed E-state index contributed by atoms with van der Waals surface area (Å²) in [4.78, 5) is 25.9. The highest BCUT2D eigenvalue weighted by Crippen LogP contribution is 2.37. The van der Waals surface area contributed by atoms with Crippen molar-refractivity contribution in [2.45, 2.75) is 46.0 Å². The predicted molar refractivity (Wildman–Crippen MR) is 83.5 cm³/mol. The van der Waals surface area contributed by atoms with Gasteiger partial charge in [-0.1, -0.05) is 13.8 Å². The van der Waals surface area contributed by atoms with Gasteiger partial charge in [0.25, 0.3) is 0 Å². The minimum Gasteiger partial charge on any atom is -0.326 e. The van der Waals surface area contributed by atoms with E-state index in [0.29, 0.717) is 18.8 Å². The van der Waals surface area contributed by atoms with E-state index in [1.54, 1.807) is 0 Å². The molecule has 3 rings (SSSR count). The number of nitrogens with zero attached hydrogens (tertiary/aromatic N) is 1. The van der Waals surface area contributed by atoms with E-state index in [4.69, 9.17) is 0 Å². The lowest BCUT2D eigenvalue weighted by atomic mass is 9.91. The van der Waals surface area contributed by atoms with Gasteiger partial charge in [-0.15, -0.1) is 0 Å². The van der Waals surface area contributed by atoms with Crippen LogP contribution < -0.4 is 10.2 Å². The van der Waals surface area contributed by atoms with Gasteiger partial charge >= 0.3 is 0 Å². The lowest BCUT2D eigenvalue weighted by Crippen LogP contribution is -2.39. The summed E-state index contributed by atoms with van der Waals surface area (Å²) < 4.78 is 0. The smallest absolute Gasteiger partial charge is 0.227 e. The highest BCUT2D eigenvalue weighted by molar-refractivity contribution is 5.99. The van der Waals surface area contributed by atoms with Crippen molar-refractivity contribution in [3.63, 3.8) is 0 Å². The molecule has 0 aliphatic carbocycles. The van der Waals surface area contributed by atoms with Crippen molar-refractivity contribution in [1.82, 2.24) is 0 Å². The molecule has 0 fully saturated rings. The molecule has 1 aromatic carbocycles. The molecule has 2 aliphatic rings. The largest absolute Gasteiger partial charge is 0.326 e. The van der Waals surface area contributed by atoms with Crippen LogP contribution in [0.25, 0.3) is 0 Å². The van der Waals surface area contributed by atoms with Crippen molar-refractivity contribution >= 4 is 23.2 Å². The molecule has 0 bridgehead atoms. The third-order valence-corrected chi connectivity index (χ3v) is 4.15. The molecule has 0 saturated carbocycles. The third-order valence-electron chi connectivity index (χ3n) is 4.15. The molecule has 1 aromatic rings. The Morgan fingerprint density at radius 2 is 1.95 bits per heavy atom. The molecule has 0 spiro atoms. The first kappa shape index (κ1) is 14.1. The summed E-state index contributed by atoms with van der Waals surface area (Å²) in [6.45, 7) is 4.91. The molecule has 0 atom stereocenters. The van der Waals surface area contributed by atoms with E-state index < -0.39 is 0 Å². The molecule has 0 radical (unpaired) electrons. The minimum atomic E-state index is 0.0664. The zero-order valence-corrected chi connectivity index (χ0v) is 12.7. The predicted octanol–water partition coefficient (Wildman–Crippen LogP) is 2.90. The zero-order valence-electron chi connectivity index (χ0n) is 12.7. The summed E-state index contributed by atoms with van der Waals surface area (Å²) in [5.41, 5.74) is 4.39. The lowest BCUT2D eigenvalue weighted by molar-refractivity contribution is -0.119. The number of carbonyl (C=O) groups excluding carboxylic acids is 2. The summed E-state index contributed by atoms with van der Waals surface area (Å²) in [7, 11) is 0. The van der Waals surface area contributed by atoms with E-state index in [0.717, 1.165) is 37.2 Å². The van der Waals surface area contributed by atoms with Crippen molar-refractivity contribution in [2.24, 2.45) is 5.92 Å². The SMILES string of the molecule is CC(C)CC(=O)Nc1cc2c3c(c1)CCC(=O)N3CCC2. The fourth-order valence-electron chi connectivity index (χ4n) is 3.31. The number of aryl methyl sites for hydroxylation is 2. The molecule has 0 aromatic heterocycles. The van der Waals surface area contributed by atoms with Gasteiger partial charge in [0.15, 0.2) is 0 Å². The number of carbonyl (C=O) groups is 2. The van der Waals surface area contributed by atoms with Gasteiger partial charge in [-0.3, -0.25) is 9.59 Å². The number of hydrogen-bond acceptors (Lipinski definition) is 2. The summed E-state index contributed by atoms with van der Waals surface area (Å²) >= 11 is 0. The standard InChI is InChI=1S/C17H22N2O2/c1-11(2)8-15(20)18-14-9-12-4-3-7-19-16(21)6-5-13(10-14)17(12)19/h9-11H,3-8H2,1-2H3,(H,18,20). The highest BCUT2D eigenvalue weighted by atomic mass is 16.2. The summed E-state index contributed by atoms with van der Waals surface area (Å²) in [6.07, 6.45) is 3.89. The van der Waals surface area contributed by atoms with Crippen molar-refractivity contribution in [1.29, 1.82) is 0 Å². The number of rotatable bonds is 3. The Hall–Kier alpha value is -1.84. The van der Waals surface area contributed by atoms with Gasteiger partial charge in [-0.2, -0.15) is 0 Å². The molecule has 112 valence electrons. The summed E-state index contributed by atoms with van der Waals surface area (Å²) in [6, 6.07) is 4.09. The van der Waals surface area contributed by atoms with Gasteiger partial charge in [0.1, 0.15) is 0 Å². The highest BCUT2D eigenvalue weighted by Gasteiger charge is 2.29. The van der Waals surface area contributed by atoms with Gasteiger partial charge < -0.3 is 10.2 Å². The van der Waals surface area contributed by atoms with Gasteiger partial charge in [-0.25, -0.2) is 0 Å². The van der Waals surface area contributed by atoms with Crippen molar-refractivity contribution in [2.75, 3.05) is 16.8 Å². The topological polar surface area (TPSA) is 49.4 Å². The molecule has 4 heteroatoms. The van der Waals surface area contributed by atoms with E-state index in [2.05, 4.69) is 5.32 Å². The molecule has 21 heavy (non-hydrogen) atoms. The average Bonchev–Trinajstić information content (AvgIpc) is 2.41. The van der Waals surface area contributed by atoms with Gasteiger partial charge in [0.2, 0.25) is 11.8 Å². The van der Waals surface area contributed by atoms with Crippen molar-refractivity contribution < 1.29 is 9.59 Å². The average molecular weight is 286 g/mol. The maximum Gasteiger partial charge on any atom is 0.227 e. The molecule has 0 saturated heterocycles. The lowest BCUT2D eigenvalue weighted by Gasteiger charge is -2.35. The fraction of sp³-hybridized carbons (Fsp3) is 0.529. The van der Waals surface area contributed by atoms with E-state index in [1.165, 1.54) is 11.1 Å². The summed E-state index contributed by atoms with van der Waals surface area (Å²) in [5, 5.41) is 3.01. The first-order valence-corrected chi connectivity index (χ1v) is 7.80. The van der Waals surface area contributed by atoms with E-state index in [9.17, 15) is 9.59 Å². The molecule has 2 heterocycles. The van der Waals surface area contributed by atoms with Crippen LogP contribution in [0.2, 0.25) is 0 Å². The molecular weight excluding hydrogens is 264 g/mol. The van der Waals surface area contributed by atoms with E-state index in [1.807, 2.05) is 30.9 Å². The molecule has 2 aliphatic heterocycles. The van der Waals surface area contributed by atoms with E-state index >= 15 is 0 Å². The Morgan fingerprint density at radius 1 is 1.24 bits per heavy atom. The number of anilines is 2. The van der Waals surface area contributed by atoms with Crippen LogP contribution in [0.15, 0.2) is 12.1 Å². The Kier molecular flexibility index (Phi) is 3.70. The number of benzene rings is 1. The Bertz CT molecular complexity index is 575. The maximum atomic E-state index is 12.0. The fourth-order valence-corrected chi connectivity index (χ4v) is 3.31. The minimum absolute atomic E-state index is 0.0664. The van der Waals surface area contributed by atoms with Crippen LogP contribution in [0, 0.1) is 5.92 Å². The van der Waals surface area contributed by atoms with E-state index in [-0.39, 0.29) is 11.8 Å². The van der Waals surface area contributed by atoms with Crippen LogP contribution in [-0.2, 0) is 22.4 Å². The molecule has 4 nitrogen and oxygen atoms in total. The van der Waals surface area contributed by atoms with Crippen LogP contribution in [0.4, 0.5) is 11.4 Å². The monoisotopic (exact) mass is 286 g/mol. The van der Waals surface area contributed by atoms with Gasteiger partial charge in [0.05, 0.1) is 5.69 Å². The molecule has 2 amide bonds. The zero-order chi connectivity index (χ0) is 15.0. The third kappa shape index (κ3) is 2.80. The number of nitrogens with one attached hydrogen (secondary N) is 1. The Labute approximate surface area is 125 Å². The van der Waals surface area contributed by atoms with Crippen LogP contribution in [0.1, 0.15) is 44.2 Å². The van der Waals surface area contributed by atoms with Gasteiger partial charge in [0, 0.05) is 25.1 Å². The van der Waals surface area contributed by atoms with Crippen molar-refractivity contribution in [3.05, 3.63) is 23.3 Å². The first-order chi connectivity index (χ1) is 10.0. The maximum absolute atomic E-state index is 12.0. The van der Waals surface area contributed by atoms with Crippen LogP contribution in [-0.4, -0.2) is 18.4 Å². The normalized spacial score (nSPS) is 16.9. The quantitative estimate of drug-likeness (QED) is 0.929. The van der Waals surface area contributed by atoms with Crippen LogP contribution in [0.3, 0.4) is 0 Å². The van der Waals surface area contributed by atoms with Gasteiger partial charge in [-0.05, 0) is 48.4 Å². The second kappa shape index (κ2) is 5.51. The van der Waals surface area contributed by atoms with Crippen LogP contribution >= 0.6 is 0 Å². The number of amides is 2. The molecule has 1 N–H and O–H groups in total. The van der Waals surface area contributed by atoms with Crippen molar-refractivity contribution in [3.8, 4) is 0 Å². The number of hydrogen-bond donors (Lipinski definition) is 1. The first-order valence-electron chi connectivity index (χ1n) is 7.80. The molecule has 0 unspecified atom stereocenters.